The monoisotopic (exact) mass is 478 g/mol. The van der Waals surface area contributed by atoms with Crippen molar-refractivity contribution in [2.24, 2.45) is 10.9 Å². The molecule has 1 aliphatic heterocycles. The van der Waals surface area contributed by atoms with Crippen molar-refractivity contribution in [2.75, 3.05) is 51.3 Å². The van der Waals surface area contributed by atoms with E-state index < -0.39 is 0 Å². The van der Waals surface area contributed by atoms with Gasteiger partial charge in [-0.25, -0.2) is 4.39 Å². The smallest absolute Gasteiger partial charge is 0.310 e. The summed E-state index contributed by atoms with van der Waals surface area (Å²) in [5, 5.41) is 3.28. The molecule has 1 fully saturated rings. The third-order valence-corrected chi connectivity index (χ3v) is 4.22. The Morgan fingerprint density at radius 1 is 1.27 bits per heavy atom. The topological polar surface area (TPSA) is 57.2 Å². The summed E-state index contributed by atoms with van der Waals surface area (Å²) in [6.45, 7) is 8.30. The largest absolute Gasteiger partial charge is 0.469 e. The van der Waals surface area contributed by atoms with Crippen LogP contribution in [0.5, 0.6) is 0 Å². The van der Waals surface area contributed by atoms with Crippen molar-refractivity contribution in [1.82, 2.24) is 10.2 Å². The van der Waals surface area contributed by atoms with Gasteiger partial charge in [0.1, 0.15) is 5.82 Å². The number of ether oxygens (including phenoxy) is 1. The lowest BCUT2D eigenvalue weighted by atomic mass is 10.2. The molecule has 26 heavy (non-hydrogen) atoms. The molecule has 1 saturated heterocycles. The molecule has 0 amide bonds. The number of carbonyl (C=O) groups is 1. The van der Waals surface area contributed by atoms with E-state index in [2.05, 4.69) is 20.1 Å². The van der Waals surface area contributed by atoms with Crippen LogP contribution < -0.4 is 10.2 Å². The summed E-state index contributed by atoms with van der Waals surface area (Å²) in [5.74, 6) is 0.0839. The zero-order valence-electron chi connectivity index (χ0n) is 15.6. The number of hydrogen-bond acceptors (Lipinski definition) is 4. The number of hydrogen-bond donors (Lipinski definition) is 1. The number of benzene rings is 1. The Kier molecular flexibility index (Phi) is 9.68. The maximum Gasteiger partial charge on any atom is 0.310 e. The number of carbonyl (C=O) groups excluding carboxylic acids is 1. The Bertz CT molecular complexity index is 589. The fourth-order valence-electron chi connectivity index (χ4n) is 2.75. The van der Waals surface area contributed by atoms with Crippen molar-refractivity contribution < 1.29 is 13.9 Å². The molecule has 8 heteroatoms. The molecule has 1 heterocycles. The number of methoxy groups -OCH3 is 1. The number of anilines is 1. The van der Waals surface area contributed by atoms with Crippen LogP contribution in [0.3, 0.4) is 0 Å². The minimum absolute atomic E-state index is 0. The number of esters is 1. The zero-order chi connectivity index (χ0) is 18.2. The summed E-state index contributed by atoms with van der Waals surface area (Å²) in [7, 11) is 1.39. The molecule has 1 aromatic rings. The molecule has 0 radical (unpaired) electrons. The van der Waals surface area contributed by atoms with E-state index >= 15 is 0 Å². The molecule has 1 aromatic carbocycles. The van der Waals surface area contributed by atoms with Crippen LogP contribution in [0.2, 0.25) is 0 Å². The van der Waals surface area contributed by atoms with Crippen LogP contribution in [0.1, 0.15) is 13.8 Å². The van der Waals surface area contributed by atoms with Crippen LogP contribution in [0.4, 0.5) is 10.1 Å². The molecule has 1 unspecified atom stereocenters. The molecule has 0 aliphatic carbocycles. The van der Waals surface area contributed by atoms with Crippen LogP contribution in [-0.2, 0) is 9.53 Å². The Morgan fingerprint density at radius 2 is 1.88 bits per heavy atom. The molecule has 1 N–H and O–H groups in total. The second-order valence-electron chi connectivity index (χ2n) is 6.07. The maximum atomic E-state index is 13.1. The second-order valence-corrected chi connectivity index (χ2v) is 6.07. The number of guanidine groups is 1. The first kappa shape index (κ1) is 22.5. The van der Waals surface area contributed by atoms with Gasteiger partial charge in [-0.3, -0.25) is 9.79 Å². The Balaban J connectivity index is 0.00000338. The van der Waals surface area contributed by atoms with E-state index in [-0.39, 0.29) is 41.7 Å². The van der Waals surface area contributed by atoms with Crippen LogP contribution >= 0.6 is 24.0 Å². The highest BCUT2D eigenvalue weighted by Gasteiger charge is 2.20. The second kappa shape index (κ2) is 11.2. The average Bonchev–Trinajstić information content (AvgIpc) is 2.65. The molecule has 0 saturated carbocycles. The number of halogens is 2. The van der Waals surface area contributed by atoms with Gasteiger partial charge in [-0.15, -0.1) is 24.0 Å². The normalized spacial score (nSPS) is 15.9. The Morgan fingerprint density at radius 3 is 2.42 bits per heavy atom. The van der Waals surface area contributed by atoms with Crippen molar-refractivity contribution in [3.8, 4) is 0 Å². The van der Waals surface area contributed by atoms with Gasteiger partial charge in [-0.1, -0.05) is 6.92 Å². The molecule has 6 nitrogen and oxygen atoms in total. The number of rotatable bonds is 5. The van der Waals surface area contributed by atoms with Gasteiger partial charge >= 0.3 is 5.97 Å². The van der Waals surface area contributed by atoms with E-state index in [0.717, 1.165) is 44.4 Å². The number of nitrogens with zero attached hydrogens (tertiary/aromatic N) is 3. The molecule has 0 aromatic heterocycles. The summed E-state index contributed by atoms with van der Waals surface area (Å²) in [6, 6.07) is 6.59. The number of aliphatic imine (C=N–C) groups is 1. The third-order valence-electron chi connectivity index (χ3n) is 4.22. The lowest BCUT2D eigenvalue weighted by Crippen LogP contribution is -2.52. The van der Waals surface area contributed by atoms with Crippen LogP contribution in [0, 0.1) is 11.7 Å². The van der Waals surface area contributed by atoms with Crippen LogP contribution in [0.25, 0.3) is 0 Å². The van der Waals surface area contributed by atoms with E-state index in [1.54, 1.807) is 0 Å². The third kappa shape index (κ3) is 6.30. The highest BCUT2D eigenvalue weighted by Crippen LogP contribution is 2.17. The van der Waals surface area contributed by atoms with Gasteiger partial charge < -0.3 is 19.9 Å². The molecule has 0 bridgehead atoms. The van der Waals surface area contributed by atoms with Gasteiger partial charge in [0, 0.05) is 38.4 Å². The quantitative estimate of drug-likeness (QED) is 0.305. The molecule has 2 rings (SSSR count). The SMILES string of the molecule is CCNC(=NCC(C)C(=O)OC)N1CCN(c2ccc(F)cc2)CC1.I. The zero-order valence-corrected chi connectivity index (χ0v) is 17.9. The van der Waals surface area contributed by atoms with Gasteiger partial charge in [0.25, 0.3) is 0 Å². The fraction of sp³-hybridized carbons (Fsp3) is 0.556. The van der Waals surface area contributed by atoms with Crippen LogP contribution in [-0.4, -0.2) is 63.2 Å². The minimum Gasteiger partial charge on any atom is -0.469 e. The average molecular weight is 478 g/mol. The summed E-state index contributed by atoms with van der Waals surface area (Å²) >= 11 is 0. The number of nitrogens with one attached hydrogen (secondary N) is 1. The predicted molar refractivity (Wildman–Crippen MR) is 113 cm³/mol. The maximum absolute atomic E-state index is 13.1. The van der Waals surface area contributed by atoms with Crippen molar-refractivity contribution in [1.29, 1.82) is 0 Å². The first-order chi connectivity index (χ1) is 12.0. The summed E-state index contributed by atoms with van der Waals surface area (Å²) in [6.07, 6.45) is 0. The Labute approximate surface area is 171 Å². The summed E-state index contributed by atoms with van der Waals surface area (Å²) in [5.41, 5.74) is 1.03. The van der Waals surface area contributed by atoms with Crippen molar-refractivity contribution in [2.45, 2.75) is 13.8 Å². The van der Waals surface area contributed by atoms with E-state index in [1.807, 2.05) is 26.0 Å². The predicted octanol–water partition coefficient (Wildman–Crippen LogP) is 2.34. The number of piperazine rings is 1. The molecular formula is C18H28FIN4O2. The van der Waals surface area contributed by atoms with E-state index in [0.29, 0.717) is 6.54 Å². The van der Waals surface area contributed by atoms with Crippen molar-refractivity contribution >= 4 is 41.6 Å². The van der Waals surface area contributed by atoms with Gasteiger partial charge in [-0.05, 0) is 31.2 Å². The molecular weight excluding hydrogens is 450 g/mol. The molecule has 1 atom stereocenters. The minimum atomic E-state index is -0.265. The van der Waals surface area contributed by atoms with Gasteiger partial charge in [0.15, 0.2) is 5.96 Å². The highest BCUT2D eigenvalue weighted by molar-refractivity contribution is 14.0. The molecule has 146 valence electrons. The standard InChI is InChI=1S/C18H27FN4O2.HI/c1-4-20-18(21-13-14(2)17(24)25-3)23-11-9-22(10-12-23)16-7-5-15(19)6-8-16;/h5-8,14H,4,9-13H2,1-3H3,(H,20,21);1H. The molecule has 0 spiro atoms. The van der Waals surface area contributed by atoms with Crippen LogP contribution in [0.15, 0.2) is 29.3 Å². The van der Waals surface area contributed by atoms with Gasteiger partial charge in [0.2, 0.25) is 0 Å². The first-order valence-corrected chi connectivity index (χ1v) is 8.66. The van der Waals surface area contributed by atoms with Gasteiger partial charge in [-0.2, -0.15) is 0 Å². The lowest BCUT2D eigenvalue weighted by molar-refractivity contribution is -0.144. The first-order valence-electron chi connectivity index (χ1n) is 8.66. The summed E-state index contributed by atoms with van der Waals surface area (Å²) in [4.78, 5) is 20.5. The van der Waals surface area contributed by atoms with Gasteiger partial charge in [0.05, 0.1) is 19.6 Å². The fourth-order valence-corrected chi connectivity index (χ4v) is 2.75. The van der Waals surface area contributed by atoms with Crippen molar-refractivity contribution in [3.63, 3.8) is 0 Å². The van der Waals surface area contributed by atoms with E-state index in [4.69, 9.17) is 4.74 Å². The molecule has 1 aliphatic rings. The highest BCUT2D eigenvalue weighted by atomic mass is 127. The van der Waals surface area contributed by atoms with E-state index in [1.165, 1.54) is 19.2 Å². The Hall–Kier alpha value is -1.58. The van der Waals surface area contributed by atoms with E-state index in [9.17, 15) is 9.18 Å². The summed E-state index contributed by atoms with van der Waals surface area (Å²) < 4.78 is 17.8. The van der Waals surface area contributed by atoms with Crippen molar-refractivity contribution in [3.05, 3.63) is 30.1 Å². The lowest BCUT2D eigenvalue weighted by Gasteiger charge is -2.37.